The summed E-state index contributed by atoms with van der Waals surface area (Å²) in [4.78, 5) is 37.4. The summed E-state index contributed by atoms with van der Waals surface area (Å²) in [5.41, 5.74) is 1.44. The molecule has 1 N–H and O–H groups in total. The number of rotatable bonds is 4. The van der Waals surface area contributed by atoms with Crippen molar-refractivity contribution in [1.82, 2.24) is 9.13 Å². The second kappa shape index (κ2) is 6.55. The molecule has 0 fully saturated rings. The first kappa shape index (κ1) is 17.0. The van der Waals surface area contributed by atoms with E-state index in [1.807, 2.05) is 31.2 Å². The molecule has 0 spiro atoms. The number of nitrogens with zero attached hydrogens (tertiary/aromatic N) is 2. The van der Waals surface area contributed by atoms with Crippen LogP contribution in [0.3, 0.4) is 0 Å². The van der Waals surface area contributed by atoms with E-state index in [-0.39, 0.29) is 11.3 Å². The molecule has 2 aromatic rings. The number of aromatic nitrogens is 2. The highest BCUT2D eigenvalue weighted by molar-refractivity contribution is 6.19. The number of ketones is 1. The third-order valence-electron chi connectivity index (χ3n) is 4.41. The summed E-state index contributed by atoms with van der Waals surface area (Å²) in [6.07, 6.45) is 3.37. The zero-order valence-electron chi connectivity index (χ0n) is 14.6. The maximum absolute atomic E-state index is 12.7. The molecule has 1 aromatic heterocycles. The highest BCUT2D eigenvalue weighted by Gasteiger charge is 2.32. The van der Waals surface area contributed by atoms with Crippen molar-refractivity contribution in [1.29, 1.82) is 0 Å². The zero-order valence-corrected chi connectivity index (χ0v) is 14.6. The van der Waals surface area contributed by atoms with Crippen LogP contribution in [0, 0.1) is 0 Å². The average molecular weight is 339 g/mol. The first-order valence-electron chi connectivity index (χ1n) is 8.44. The van der Waals surface area contributed by atoms with Gasteiger partial charge in [-0.15, -0.1) is 0 Å². The fraction of sp³-hybridized carbons (Fsp3) is 0.316. The summed E-state index contributed by atoms with van der Waals surface area (Å²) in [7, 11) is 1.40. The van der Waals surface area contributed by atoms with Crippen molar-refractivity contribution in [3.8, 4) is 0 Å². The van der Waals surface area contributed by atoms with Crippen LogP contribution >= 0.6 is 0 Å². The van der Waals surface area contributed by atoms with Gasteiger partial charge in [0.05, 0.1) is 5.70 Å². The van der Waals surface area contributed by atoms with E-state index < -0.39 is 11.2 Å². The van der Waals surface area contributed by atoms with Gasteiger partial charge in [-0.3, -0.25) is 18.7 Å². The van der Waals surface area contributed by atoms with Crippen molar-refractivity contribution in [2.45, 2.75) is 33.2 Å². The Labute approximate surface area is 145 Å². The topological polar surface area (TPSA) is 73.1 Å². The molecular weight excluding hydrogens is 318 g/mol. The molecule has 1 aliphatic rings. The van der Waals surface area contributed by atoms with Crippen LogP contribution in [0.2, 0.25) is 0 Å². The minimum absolute atomic E-state index is 0.0342. The van der Waals surface area contributed by atoms with E-state index in [9.17, 15) is 14.4 Å². The molecule has 0 radical (unpaired) electrons. The third kappa shape index (κ3) is 2.84. The van der Waals surface area contributed by atoms with Crippen LogP contribution in [-0.4, -0.2) is 14.9 Å². The second-order valence-electron chi connectivity index (χ2n) is 6.13. The van der Waals surface area contributed by atoms with E-state index in [1.165, 1.54) is 17.2 Å². The van der Waals surface area contributed by atoms with Gasteiger partial charge in [0.2, 0.25) is 5.78 Å². The van der Waals surface area contributed by atoms with Gasteiger partial charge in [-0.05, 0) is 30.0 Å². The number of anilines is 1. The van der Waals surface area contributed by atoms with Crippen LogP contribution in [0.15, 0.2) is 39.6 Å². The van der Waals surface area contributed by atoms with Gasteiger partial charge in [0.15, 0.2) is 0 Å². The second-order valence-corrected chi connectivity index (χ2v) is 6.13. The maximum Gasteiger partial charge on any atom is 0.332 e. The first-order chi connectivity index (χ1) is 12.0. The Morgan fingerprint density at radius 1 is 1.08 bits per heavy atom. The van der Waals surface area contributed by atoms with Gasteiger partial charge < -0.3 is 5.32 Å². The molecule has 25 heavy (non-hydrogen) atoms. The molecule has 0 bridgehead atoms. The van der Waals surface area contributed by atoms with E-state index in [0.717, 1.165) is 23.0 Å². The largest absolute Gasteiger partial charge is 0.338 e. The van der Waals surface area contributed by atoms with Crippen LogP contribution in [0.5, 0.6) is 0 Å². The molecule has 0 saturated carbocycles. The standard InChI is InChI=1S/C19H21N3O3/c1-4-10-22-17-15(18(24)21(3)19(22)25)16(23)14(20-17)11-13-8-6-12(5-2)7-9-13/h6-9,11,20H,4-5,10H2,1-3H3/b14-11+. The van der Waals surface area contributed by atoms with Crippen LogP contribution in [0.25, 0.3) is 6.08 Å². The lowest BCUT2D eigenvalue weighted by Gasteiger charge is -2.11. The molecule has 6 heteroatoms. The predicted octanol–water partition coefficient (Wildman–Crippen LogP) is 2.17. The van der Waals surface area contributed by atoms with Gasteiger partial charge in [0.1, 0.15) is 11.4 Å². The smallest absolute Gasteiger partial charge is 0.332 e. The number of allylic oxidation sites excluding steroid dienone is 1. The Hall–Kier alpha value is -2.89. The molecule has 0 amide bonds. The van der Waals surface area contributed by atoms with Gasteiger partial charge in [-0.2, -0.15) is 0 Å². The Kier molecular flexibility index (Phi) is 4.44. The highest BCUT2D eigenvalue weighted by Crippen LogP contribution is 2.25. The van der Waals surface area contributed by atoms with Crippen LogP contribution < -0.4 is 16.6 Å². The van der Waals surface area contributed by atoms with Gasteiger partial charge >= 0.3 is 5.69 Å². The van der Waals surface area contributed by atoms with E-state index in [2.05, 4.69) is 12.2 Å². The third-order valence-corrected chi connectivity index (χ3v) is 4.41. The Bertz CT molecular complexity index is 979. The van der Waals surface area contributed by atoms with Crippen LogP contribution in [0.1, 0.15) is 41.8 Å². The maximum atomic E-state index is 12.7. The fourth-order valence-electron chi connectivity index (χ4n) is 2.97. The van der Waals surface area contributed by atoms with Gasteiger partial charge in [0, 0.05) is 13.6 Å². The van der Waals surface area contributed by atoms with Crippen LogP contribution in [0.4, 0.5) is 5.82 Å². The minimum Gasteiger partial charge on any atom is -0.338 e. The summed E-state index contributed by atoms with van der Waals surface area (Å²) < 4.78 is 2.45. The number of fused-ring (bicyclic) bond motifs is 1. The van der Waals surface area contributed by atoms with Gasteiger partial charge in [-0.25, -0.2) is 4.79 Å². The molecule has 0 saturated heterocycles. The van der Waals surface area contributed by atoms with Gasteiger partial charge in [0.25, 0.3) is 5.56 Å². The Morgan fingerprint density at radius 3 is 2.36 bits per heavy atom. The molecule has 1 aliphatic heterocycles. The molecule has 0 unspecified atom stereocenters. The Morgan fingerprint density at radius 2 is 1.76 bits per heavy atom. The van der Waals surface area contributed by atoms with E-state index in [0.29, 0.717) is 18.1 Å². The summed E-state index contributed by atoms with van der Waals surface area (Å²) in [6, 6.07) is 7.87. The number of carbonyl (C=O) groups excluding carboxylic acids is 1. The lowest BCUT2D eigenvalue weighted by Crippen LogP contribution is -2.40. The zero-order chi connectivity index (χ0) is 18.1. The Balaban J connectivity index is 2.10. The molecule has 0 aliphatic carbocycles. The highest BCUT2D eigenvalue weighted by atomic mass is 16.2. The summed E-state index contributed by atoms with van der Waals surface area (Å²) >= 11 is 0. The van der Waals surface area contributed by atoms with Crippen molar-refractivity contribution in [3.05, 3.63) is 67.5 Å². The lowest BCUT2D eigenvalue weighted by molar-refractivity contribution is 0.104. The predicted molar refractivity (Wildman–Crippen MR) is 98.0 cm³/mol. The molecule has 2 heterocycles. The van der Waals surface area contributed by atoms with E-state index in [1.54, 1.807) is 6.08 Å². The molecular formula is C19H21N3O3. The monoisotopic (exact) mass is 339 g/mol. The normalized spacial score (nSPS) is 14.7. The number of nitrogens with one attached hydrogen (secondary N) is 1. The minimum atomic E-state index is -0.561. The van der Waals surface area contributed by atoms with Crippen molar-refractivity contribution < 1.29 is 4.79 Å². The molecule has 3 rings (SSSR count). The number of hydrogen-bond acceptors (Lipinski definition) is 4. The van der Waals surface area contributed by atoms with Crippen molar-refractivity contribution in [2.75, 3.05) is 5.32 Å². The van der Waals surface area contributed by atoms with E-state index >= 15 is 0 Å². The summed E-state index contributed by atoms with van der Waals surface area (Å²) in [6.45, 7) is 4.45. The lowest BCUT2D eigenvalue weighted by atomic mass is 10.1. The van der Waals surface area contributed by atoms with Gasteiger partial charge in [-0.1, -0.05) is 38.1 Å². The number of Topliss-reactive ketones (excluding diaryl/α,β-unsaturated/α-hetero) is 1. The van der Waals surface area contributed by atoms with Crippen molar-refractivity contribution in [2.24, 2.45) is 7.05 Å². The molecule has 0 atom stereocenters. The first-order valence-corrected chi connectivity index (χ1v) is 8.44. The fourth-order valence-corrected chi connectivity index (χ4v) is 2.97. The van der Waals surface area contributed by atoms with Crippen LogP contribution in [-0.2, 0) is 20.0 Å². The molecule has 1 aromatic carbocycles. The molecule has 130 valence electrons. The van der Waals surface area contributed by atoms with Crippen molar-refractivity contribution >= 4 is 17.7 Å². The number of carbonyl (C=O) groups is 1. The SMILES string of the molecule is CCCn1c2c(c(=O)n(C)c1=O)C(=O)/C(=C\c1ccc(CC)cc1)N2. The van der Waals surface area contributed by atoms with E-state index in [4.69, 9.17) is 0 Å². The summed E-state index contributed by atoms with van der Waals surface area (Å²) in [5, 5.41) is 2.98. The number of hydrogen-bond donors (Lipinski definition) is 1. The average Bonchev–Trinajstić information content (AvgIpc) is 2.94. The molecule has 6 nitrogen and oxygen atoms in total. The number of aryl methyl sites for hydroxylation is 1. The number of benzene rings is 1. The quantitative estimate of drug-likeness (QED) is 0.867. The van der Waals surface area contributed by atoms with Crippen molar-refractivity contribution in [3.63, 3.8) is 0 Å². The summed E-state index contributed by atoms with van der Waals surface area (Å²) in [5.74, 6) is -0.0728.